The molecule has 0 unspecified atom stereocenters. The van der Waals surface area contributed by atoms with E-state index in [0.717, 1.165) is 17.9 Å². The zero-order valence-electron chi connectivity index (χ0n) is 12.8. The Morgan fingerprint density at radius 1 is 1.26 bits per heavy atom. The number of aromatic nitrogens is 4. The number of nitrogens with zero attached hydrogens (tertiary/aromatic N) is 4. The molecule has 104 valence electrons. The van der Waals surface area contributed by atoms with Gasteiger partial charge in [0.05, 0.1) is 17.9 Å². The summed E-state index contributed by atoms with van der Waals surface area (Å²) in [5, 5.41) is 9.23. The Labute approximate surface area is 115 Å². The van der Waals surface area contributed by atoms with Crippen molar-refractivity contribution < 1.29 is 0 Å². The molecule has 0 bridgehead atoms. The van der Waals surface area contributed by atoms with E-state index in [2.05, 4.69) is 56.5 Å². The molecule has 0 radical (unpaired) electrons. The van der Waals surface area contributed by atoms with Gasteiger partial charge in [0, 0.05) is 24.4 Å². The van der Waals surface area contributed by atoms with E-state index in [1.165, 1.54) is 5.69 Å². The van der Waals surface area contributed by atoms with Crippen LogP contribution in [0.4, 0.5) is 0 Å². The smallest absolute Gasteiger partial charge is 0.0699 e. The average molecular weight is 260 g/mol. The van der Waals surface area contributed by atoms with Crippen LogP contribution in [0.25, 0.3) is 0 Å². The summed E-state index contributed by atoms with van der Waals surface area (Å²) in [5.41, 5.74) is 3.46. The Hall–Kier alpha value is -1.58. The van der Waals surface area contributed by atoms with Crippen LogP contribution in [-0.2, 0) is 19.0 Å². The molecule has 4 heteroatoms. The summed E-state index contributed by atoms with van der Waals surface area (Å²) in [6, 6.07) is 4.27. The van der Waals surface area contributed by atoms with E-state index < -0.39 is 0 Å². The highest BCUT2D eigenvalue weighted by atomic mass is 15.3. The van der Waals surface area contributed by atoms with Gasteiger partial charge in [-0.2, -0.15) is 10.2 Å². The molecule has 0 atom stereocenters. The first-order chi connectivity index (χ1) is 8.79. The molecule has 2 aromatic heterocycles. The van der Waals surface area contributed by atoms with Crippen molar-refractivity contribution in [2.75, 3.05) is 0 Å². The molecule has 0 aliphatic carbocycles. The van der Waals surface area contributed by atoms with Gasteiger partial charge in [-0.25, -0.2) is 0 Å². The van der Waals surface area contributed by atoms with Crippen LogP contribution in [0.15, 0.2) is 18.3 Å². The van der Waals surface area contributed by atoms with Crippen LogP contribution >= 0.6 is 0 Å². The number of hydrogen-bond donors (Lipinski definition) is 0. The van der Waals surface area contributed by atoms with Crippen molar-refractivity contribution in [1.29, 1.82) is 0 Å². The van der Waals surface area contributed by atoms with Gasteiger partial charge in [-0.1, -0.05) is 27.7 Å². The molecule has 0 aliphatic rings. The summed E-state index contributed by atoms with van der Waals surface area (Å²) in [6.07, 6.45) is 1.99. The van der Waals surface area contributed by atoms with E-state index in [0.29, 0.717) is 5.92 Å². The Morgan fingerprint density at radius 3 is 2.42 bits per heavy atom. The van der Waals surface area contributed by atoms with Gasteiger partial charge >= 0.3 is 0 Å². The molecule has 4 nitrogen and oxygen atoms in total. The van der Waals surface area contributed by atoms with Gasteiger partial charge < -0.3 is 0 Å². The van der Waals surface area contributed by atoms with E-state index in [9.17, 15) is 0 Å². The van der Waals surface area contributed by atoms with Crippen LogP contribution in [0.1, 0.15) is 50.7 Å². The normalized spacial score (nSPS) is 12.4. The summed E-state index contributed by atoms with van der Waals surface area (Å²) >= 11 is 0. The lowest BCUT2D eigenvalue weighted by Crippen LogP contribution is -2.26. The maximum absolute atomic E-state index is 4.71. The van der Waals surface area contributed by atoms with Crippen molar-refractivity contribution in [1.82, 2.24) is 19.6 Å². The first kappa shape index (κ1) is 13.8. The summed E-state index contributed by atoms with van der Waals surface area (Å²) in [4.78, 5) is 0. The molecule has 2 rings (SSSR count). The van der Waals surface area contributed by atoms with Gasteiger partial charge in [0.15, 0.2) is 0 Å². The largest absolute Gasteiger partial charge is 0.276 e. The van der Waals surface area contributed by atoms with Crippen LogP contribution in [-0.4, -0.2) is 19.6 Å². The third-order valence-electron chi connectivity index (χ3n) is 3.54. The number of hydrogen-bond acceptors (Lipinski definition) is 2. The van der Waals surface area contributed by atoms with Gasteiger partial charge in [0.1, 0.15) is 0 Å². The number of aryl methyl sites for hydroxylation is 2. The van der Waals surface area contributed by atoms with Gasteiger partial charge in [-0.15, -0.1) is 0 Å². The van der Waals surface area contributed by atoms with Crippen LogP contribution < -0.4 is 0 Å². The molecule has 19 heavy (non-hydrogen) atoms. The quantitative estimate of drug-likeness (QED) is 0.847. The molecule has 0 saturated carbocycles. The van der Waals surface area contributed by atoms with Gasteiger partial charge in [0.2, 0.25) is 0 Å². The summed E-state index contributed by atoms with van der Waals surface area (Å²) in [5.74, 6) is 0.470. The lowest BCUT2D eigenvalue weighted by atomic mass is 9.89. The van der Waals surface area contributed by atoms with Crippen LogP contribution in [0.5, 0.6) is 0 Å². The highest BCUT2D eigenvalue weighted by Gasteiger charge is 2.25. The van der Waals surface area contributed by atoms with Gasteiger partial charge in [0.25, 0.3) is 0 Å². The highest BCUT2D eigenvalue weighted by Crippen LogP contribution is 2.25. The molecule has 0 saturated heterocycles. The highest BCUT2D eigenvalue weighted by molar-refractivity contribution is 5.15. The first-order valence-electron chi connectivity index (χ1n) is 6.84. The second-order valence-electron chi connectivity index (χ2n) is 6.28. The van der Waals surface area contributed by atoms with Crippen molar-refractivity contribution in [3.8, 4) is 0 Å². The molecular formula is C15H24N4. The monoisotopic (exact) mass is 260 g/mol. The average Bonchev–Trinajstić information content (AvgIpc) is 2.86. The van der Waals surface area contributed by atoms with E-state index >= 15 is 0 Å². The topological polar surface area (TPSA) is 35.6 Å². The summed E-state index contributed by atoms with van der Waals surface area (Å²) < 4.78 is 3.95. The Kier molecular flexibility index (Phi) is 3.52. The summed E-state index contributed by atoms with van der Waals surface area (Å²) in [6.45, 7) is 11.7. The summed E-state index contributed by atoms with van der Waals surface area (Å²) in [7, 11) is 1.95. The maximum Gasteiger partial charge on any atom is 0.0699 e. The predicted octanol–water partition coefficient (Wildman–Crippen LogP) is 3.03. The minimum atomic E-state index is -0.0215. The third kappa shape index (κ3) is 2.88. The van der Waals surface area contributed by atoms with Gasteiger partial charge in [-0.05, 0) is 25.0 Å². The second kappa shape index (κ2) is 4.83. The SMILES string of the molecule is Cc1cc(C(C)C)nn1CC(C)(C)c1ccn(C)n1. The first-order valence-corrected chi connectivity index (χ1v) is 6.84. The maximum atomic E-state index is 4.71. The van der Waals surface area contributed by atoms with Crippen LogP contribution in [0.3, 0.4) is 0 Å². The van der Waals surface area contributed by atoms with E-state index in [1.54, 1.807) is 0 Å². The van der Waals surface area contributed by atoms with Crippen molar-refractivity contribution in [2.45, 2.75) is 52.5 Å². The minimum Gasteiger partial charge on any atom is -0.276 e. The lowest BCUT2D eigenvalue weighted by molar-refractivity contribution is 0.388. The Bertz CT molecular complexity index is 560. The van der Waals surface area contributed by atoms with Crippen molar-refractivity contribution >= 4 is 0 Å². The lowest BCUT2D eigenvalue weighted by Gasteiger charge is -2.23. The predicted molar refractivity (Wildman–Crippen MR) is 77.3 cm³/mol. The molecule has 0 spiro atoms. The molecule has 2 heterocycles. The van der Waals surface area contributed by atoms with E-state index in [-0.39, 0.29) is 5.41 Å². The second-order valence-corrected chi connectivity index (χ2v) is 6.28. The molecular weight excluding hydrogens is 236 g/mol. The van der Waals surface area contributed by atoms with Crippen LogP contribution in [0.2, 0.25) is 0 Å². The molecule has 2 aromatic rings. The molecule has 0 aliphatic heterocycles. The van der Waals surface area contributed by atoms with Crippen LogP contribution in [0, 0.1) is 6.92 Å². The molecule has 0 fully saturated rings. The fraction of sp³-hybridized carbons (Fsp3) is 0.600. The minimum absolute atomic E-state index is 0.0215. The zero-order valence-corrected chi connectivity index (χ0v) is 12.8. The van der Waals surface area contributed by atoms with Crippen molar-refractivity contribution in [3.05, 3.63) is 35.4 Å². The fourth-order valence-corrected chi connectivity index (χ4v) is 2.21. The third-order valence-corrected chi connectivity index (χ3v) is 3.54. The molecule has 0 N–H and O–H groups in total. The zero-order chi connectivity index (χ0) is 14.2. The standard InChI is InChI=1S/C15H24N4/c1-11(2)13-9-12(3)19(16-13)10-15(4,5)14-7-8-18(6)17-14/h7-9,11H,10H2,1-6H3. The van der Waals surface area contributed by atoms with Crippen molar-refractivity contribution in [3.63, 3.8) is 0 Å². The van der Waals surface area contributed by atoms with E-state index in [1.807, 2.05) is 17.9 Å². The fourth-order valence-electron chi connectivity index (χ4n) is 2.21. The Balaban J connectivity index is 2.25. The van der Waals surface area contributed by atoms with E-state index in [4.69, 9.17) is 5.10 Å². The molecule has 0 amide bonds. The number of rotatable bonds is 4. The van der Waals surface area contributed by atoms with Gasteiger partial charge in [-0.3, -0.25) is 9.36 Å². The molecule has 0 aromatic carbocycles. The van der Waals surface area contributed by atoms with Crippen molar-refractivity contribution in [2.24, 2.45) is 7.05 Å². The Morgan fingerprint density at radius 2 is 1.95 bits per heavy atom.